The van der Waals surface area contributed by atoms with Crippen LogP contribution in [-0.4, -0.2) is 29.3 Å². The summed E-state index contributed by atoms with van der Waals surface area (Å²) in [5.74, 6) is 0.817. The lowest BCUT2D eigenvalue weighted by atomic mass is 10.0. The number of rotatable bonds is 5. The van der Waals surface area contributed by atoms with E-state index in [4.69, 9.17) is 0 Å². The molecule has 0 unspecified atom stereocenters. The van der Waals surface area contributed by atoms with Crippen molar-refractivity contribution in [2.45, 2.75) is 20.3 Å². The third-order valence-electron chi connectivity index (χ3n) is 3.23. The van der Waals surface area contributed by atoms with E-state index in [0.717, 1.165) is 11.1 Å². The van der Waals surface area contributed by atoms with Crippen LogP contribution in [0.15, 0.2) is 36.7 Å². The molecule has 0 fully saturated rings. The normalized spacial score (nSPS) is 10.3. The lowest BCUT2D eigenvalue weighted by molar-refractivity contribution is -0.116. The lowest BCUT2D eigenvalue weighted by Crippen LogP contribution is -2.22. The zero-order valence-corrected chi connectivity index (χ0v) is 12.1. The zero-order chi connectivity index (χ0) is 14.5. The highest BCUT2D eigenvalue weighted by Gasteiger charge is 2.07. The van der Waals surface area contributed by atoms with Crippen molar-refractivity contribution in [3.63, 3.8) is 0 Å². The van der Waals surface area contributed by atoms with E-state index in [1.54, 1.807) is 6.92 Å². The third-order valence-corrected chi connectivity index (χ3v) is 3.23. The van der Waals surface area contributed by atoms with Gasteiger partial charge in [0.2, 0.25) is 5.95 Å². The molecule has 2 aromatic rings. The van der Waals surface area contributed by atoms with Crippen molar-refractivity contribution in [1.82, 2.24) is 9.97 Å². The van der Waals surface area contributed by atoms with E-state index in [0.29, 0.717) is 18.9 Å². The molecule has 104 valence electrons. The Morgan fingerprint density at radius 1 is 1.20 bits per heavy atom. The average molecular weight is 269 g/mol. The van der Waals surface area contributed by atoms with Gasteiger partial charge in [0.05, 0.1) is 0 Å². The minimum absolute atomic E-state index is 0.174. The summed E-state index contributed by atoms with van der Waals surface area (Å²) in [5.41, 5.74) is 3.35. The van der Waals surface area contributed by atoms with Crippen molar-refractivity contribution in [3.8, 4) is 11.1 Å². The third kappa shape index (κ3) is 3.41. The van der Waals surface area contributed by atoms with Crippen LogP contribution < -0.4 is 4.90 Å². The van der Waals surface area contributed by atoms with Crippen LogP contribution in [0, 0.1) is 6.92 Å². The molecule has 1 aromatic carbocycles. The van der Waals surface area contributed by atoms with Crippen molar-refractivity contribution in [1.29, 1.82) is 0 Å². The second kappa shape index (κ2) is 6.28. The highest BCUT2D eigenvalue weighted by Crippen LogP contribution is 2.22. The van der Waals surface area contributed by atoms with Gasteiger partial charge in [-0.3, -0.25) is 4.79 Å². The van der Waals surface area contributed by atoms with Crippen molar-refractivity contribution in [2.75, 3.05) is 18.5 Å². The number of carbonyl (C=O) groups is 1. The fourth-order valence-corrected chi connectivity index (χ4v) is 1.98. The molecule has 0 N–H and O–H groups in total. The van der Waals surface area contributed by atoms with E-state index in [1.165, 1.54) is 5.56 Å². The standard InChI is InChI=1S/C16H19N3O/c1-12-6-4-5-7-15(12)14-10-17-16(18-11-14)19(3)9-8-13(2)20/h4-7,10-11H,8-9H2,1-3H3. The zero-order valence-electron chi connectivity index (χ0n) is 12.1. The minimum atomic E-state index is 0.174. The Bertz CT molecular complexity index is 593. The number of aromatic nitrogens is 2. The summed E-state index contributed by atoms with van der Waals surface area (Å²) >= 11 is 0. The molecule has 0 spiro atoms. The number of nitrogens with zero attached hydrogens (tertiary/aromatic N) is 3. The van der Waals surface area contributed by atoms with Crippen LogP contribution in [0.2, 0.25) is 0 Å². The van der Waals surface area contributed by atoms with Gasteiger partial charge in [-0.1, -0.05) is 24.3 Å². The highest BCUT2D eigenvalue weighted by atomic mass is 16.1. The predicted octanol–water partition coefficient (Wildman–Crippen LogP) is 2.87. The summed E-state index contributed by atoms with van der Waals surface area (Å²) in [6.07, 6.45) is 4.17. The summed E-state index contributed by atoms with van der Waals surface area (Å²) in [6, 6.07) is 8.16. The predicted molar refractivity (Wildman–Crippen MR) is 80.8 cm³/mol. The lowest BCUT2D eigenvalue weighted by Gasteiger charge is -2.16. The van der Waals surface area contributed by atoms with Gasteiger partial charge in [0.25, 0.3) is 0 Å². The summed E-state index contributed by atoms with van der Waals surface area (Å²) in [6.45, 7) is 4.30. The van der Waals surface area contributed by atoms with Crippen LogP contribution in [-0.2, 0) is 4.79 Å². The maximum absolute atomic E-state index is 11.0. The van der Waals surface area contributed by atoms with Gasteiger partial charge >= 0.3 is 0 Å². The van der Waals surface area contributed by atoms with Crippen LogP contribution in [0.3, 0.4) is 0 Å². The van der Waals surface area contributed by atoms with Crippen LogP contribution in [0.4, 0.5) is 5.95 Å². The summed E-state index contributed by atoms with van der Waals surface area (Å²) in [5, 5.41) is 0. The minimum Gasteiger partial charge on any atom is -0.343 e. The van der Waals surface area contributed by atoms with E-state index >= 15 is 0 Å². The monoisotopic (exact) mass is 269 g/mol. The van der Waals surface area contributed by atoms with E-state index < -0.39 is 0 Å². The van der Waals surface area contributed by atoms with Crippen LogP contribution in [0.5, 0.6) is 0 Å². The molecular weight excluding hydrogens is 250 g/mol. The molecular formula is C16H19N3O. The molecule has 0 amide bonds. The molecule has 4 heteroatoms. The SMILES string of the molecule is CC(=O)CCN(C)c1ncc(-c2ccccc2C)cn1. The molecule has 0 saturated heterocycles. The van der Waals surface area contributed by atoms with Gasteiger partial charge < -0.3 is 4.90 Å². The number of Topliss-reactive ketones (excluding diaryl/α,β-unsaturated/α-hetero) is 1. The Kier molecular flexibility index (Phi) is 4.45. The molecule has 0 aliphatic rings. The number of carbonyl (C=O) groups excluding carboxylic acids is 1. The number of benzene rings is 1. The van der Waals surface area contributed by atoms with E-state index in [2.05, 4.69) is 29.0 Å². The Balaban J connectivity index is 2.14. The largest absolute Gasteiger partial charge is 0.343 e. The number of ketones is 1. The molecule has 0 atom stereocenters. The summed E-state index contributed by atoms with van der Waals surface area (Å²) in [4.78, 5) is 21.6. The molecule has 0 aliphatic carbocycles. The average Bonchev–Trinajstić information content (AvgIpc) is 2.45. The quantitative estimate of drug-likeness (QED) is 0.837. The second-order valence-electron chi connectivity index (χ2n) is 4.96. The van der Waals surface area contributed by atoms with Crippen molar-refractivity contribution >= 4 is 11.7 Å². The Morgan fingerprint density at radius 2 is 1.85 bits per heavy atom. The molecule has 0 aliphatic heterocycles. The molecule has 2 rings (SSSR count). The first-order valence-corrected chi connectivity index (χ1v) is 6.66. The van der Waals surface area contributed by atoms with Gasteiger partial charge in [-0.25, -0.2) is 9.97 Å². The van der Waals surface area contributed by atoms with Gasteiger partial charge in [0.1, 0.15) is 5.78 Å². The fraction of sp³-hybridized carbons (Fsp3) is 0.312. The second-order valence-corrected chi connectivity index (χ2v) is 4.96. The molecule has 0 saturated carbocycles. The first-order chi connectivity index (χ1) is 9.58. The van der Waals surface area contributed by atoms with Crippen LogP contribution in [0.25, 0.3) is 11.1 Å². The smallest absolute Gasteiger partial charge is 0.225 e. The number of hydrogen-bond donors (Lipinski definition) is 0. The van der Waals surface area contributed by atoms with Gasteiger partial charge in [0.15, 0.2) is 0 Å². The Hall–Kier alpha value is -2.23. The topological polar surface area (TPSA) is 46.1 Å². The van der Waals surface area contributed by atoms with E-state index in [9.17, 15) is 4.79 Å². The number of anilines is 1. The van der Waals surface area contributed by atoms with Crippen molar-refractivity contribution in [3.05, 3.63) is 42.2 Å². The van der Waals surface area contributed by atoms with Gasteiger partial charge in [-0.2, -0.15) is 0 Å². The number of hydrogen-bond acceptors (Lipinski definition) is 4. The Labute approximate surface area is 119 Å². The maximum Gasteiger partial charge on any atom is 0.225 e. The maximum atomic E-state index is 11.0. The Morgan fingerprint density at radius 3 is 2.45 bits per heavy atom. The molecule has 0 bridgehead atoms. The first kappa shape index (κ1) is 14.2. The summed E-state index contributed by atoms with van der Waals surface area (Å²) in [7, 11) is 1.89. The van der Waals surface area contributed by atoms with Crippen LogP contribution >= 0.6 is 0 Å². The number of aryl methyl sites for hydroxylation is 1. The molecule has 1 aromatic heterocycles. The van der Waals surface area contributed by atoms with E-state index in [-0.39, 0.29) is 5.78 Å². The molecule has 0 radical (unpaired) electrons. The van der Waals surface area contributed by atoms with Gasteiger partial charge in [0, 0.05) is 38.0 Å². The molecule has 4 nitrogen and oxygen atoms in total. The molecule has 20 heavy (non-hydrogen) atoms. The van der Waals surface area contributed by atoms with E-state index in [1.807, 2.05) is 36.5 Å². The van der Waals surface area contributed by atoms with Crippen molar-refractivity contribution in [2.24, 2.45) is 0 Å². The van der Waals surface area contributed by atoms with Gasteiger partial charge in [-0.05, 0) is 25.0 Å². The summed E-state index contributed by atoms with van der Waals surface area (Å²) < 4.78 is 0. The highest BCUT2D eigenvalue weighted by molar-refractivity contribution is 5.76. The fourth-order valence-electron chi connectivity index (χ4n) is 1.98. The molecule has 1 heterocycles. The first-order valence-electron chi connectivity index (χ1n) is 6.66. The van der Waals surface area contributed by atoms with Gasteiger partial charge in [-0.15, -0.1) is 0 Å². The van der Waals surface area contributed by atoms with Crippen molar-refractivity contribution < 1.29 is 4.79 Å². The van der Waals surface area contributed by atoms with Crippen LogP contribution in [0.1, 0.15) is 18.9 Å².